The highest BCUT2D eigenvalue weighted by Gasteiger charge is 2.31. The quantitative estimate of drug-likeness (QED) is 0.414. The first-order valence-electron chi connectivity index (χ1n) is 11.4. The molecular weight excluding hydrogens is 443 g/mol. The van der Waals surface area contributed by atoms with Crippen molar-refractivity contribution in [2.24, 2.45) is 0 Å². The van der Waals surface area contributed by atoms with Gasteiger partial charge in [-0.2, -0.15) is 5.26 Å². The molecule has 1 aliphatic heterocycles. The highest BCUT2D eigenvalue weighted by Crippen LogP contribution is 2.35. The van der Waals surface area contributed by atoms with E-state index in [4.69, 9.17) is 0 Å². The van der Waals surface area contributed by atoms with Crippen molar-refractivity contribution in [3.05, 3.63) is 73.0 Å². The van der Waals surface area contributed by atoms with Crippen LogP contribution in [0.1, 0.15) is 12.0 Å². The summed E-state index contributed by atoms with van der Waals surface area (Å²) in [5.41, 5.74) is 2.18. The number of amides is 1. The third kappa shape index (κ3) is 3.85. The van der Waals surface area contributed by atoms with Crippen molar-refractivity contribution >= 4 is 33.4 Å². The van der Waals surface area contributed by atoms with E-state index in [1.807, 2.05) is 48.2 Å². The Bertz CT molecular complexity index is 1510. The van der Waals surface area contributed by atoms with Crippen LogP contribution < -0.4 is 4.90 Å². The first kappa shape index (κ1) is 22.4. The normalized spacial score (nSPS) is 15.9. The lowest BCUT2D eigenvalue weighted by atomic mass is 9.97. The summed E-state index contributed by atoms with van der Waals surface area (Å²) in [6.07, 6.45) is 4.40. The molecule has 0 aliphatic carbocycles. The zero-order chi connectivity index (χ0) is 24.5. The van der Waals surface area contributed by atoms with Gasteiger partial charge >= 0.3 is 0 Å². The fourth-order valence-corrected chi connectivity index (χ4v) is 4.88. The summed E-state index contributed by atoms with van der Waals surface area (Å²) < 4.78 is 15.9. The number of piperazine rings is 1. The Balaban J connectivity index is 1.58. The number of fused-ring (bicyclic) bond motifs is 2. The monoisotopic (exact) mass is 466 g/mol. The van der Waals surface area contributed by atoms with E-state index in [1.54, 1.807) is 11.1 Å². The van der Waals surface area contributed by atoms with Gasteiger partial charge in [-0.1, -0.05) is 43.0 Å². The maximum Gasteiger partial charge on any atom is 0.246 e. The van der Waals surface area contributed by atoms with Crippen LogP contribution in [0.25, 0.3) is 32.9 Å². The van der Waals surface area contributed by atoms with E-state index in [9.17, 15) is 10.1 Å². The van der Waals surface area contributed by atoms with Gasteiger partial charge in [-0.05, 0) is 29.3 Å². The maximum atomic E-state index is 15.9. The number of benzene rings is 2. The van der Waals surface area contributed by atoms with Gasteiger partial charge in [0.05, 0.1) is 23.9 Å². The molecule has 0 N–H and O–H groups in total. The van der Waals surface area contributed by atoms with Gasteiger partial charge in [0, 0.05) is 31.4 Å². The number of aromatic nitrogens is 3. The van der Waals surface area contributed by atoms with Crippen molar-refractivity contribution in [3.8, 4) is 17.3 Å². The predicted octanol–water partition coefficient (Wildman–Crippen LogP) is 4.41. The fraction of sp³-hybridized carbons (Fsp3) is 0.222. The predicted molar refractivity (Wildman–Crippen MR) is 133 cm³/mol. The van der Waals surface area contributed by atoms with Gasteiger partial charge < -0.3 is 9.80 Å². The van der Waals surface area contributed by atoms with E-state index in [2.05, 4.69) is 27.6 Å². The molecule has 7 nitrogen and oxygen atoms in total. The van der Waals surface area contributed by atoms with E-state index in [0.717, 1.165) is 16.3 Å². The van der Waals surface area contributed by atoms with Crippen molar-refractivity contribution in [1.82, 2.24) is 19.9 Å². The average molecular weight is 467 g/mol. The number of carbonyl (C=O) groups excluding carboxylic acids is 1. The van der Waals surface area contributed by atoms with Crippen LogP contribution in [0.2, 0.25) is 0 Å². The van der Waals surface area contributed by atoms with Gasteiger partial charge in [-0.3, -0.25) is 9.78 Å². The molecule has 0 spiro atoms. The van der Waals surface area contributed by atoms with Crippen LogP contribution >= 0.6 is 0 Å². The summed E-state index contributed by atoms with van der Waals surface area (Å²) in [4.78, 5) is 29.0. The van der Waals surface area contributed by atoms with Crippen molar-refractivity contribution in [1.29, 1.82) is 5.26 Å². The van der Waals surface area contributed by atoms with Crippen LogP contribution in [0.5, 0.6) is 0 Å². The second-order valence-corrected chi connectivity index (χ2v) is 8.56. The second kappa shape index (κ2) is 9.11. The Morgan fingerprint density at radius 3 is 2.80 bits per heavy atom. The zero-order valence-corrected chi connectivity index (χ0v) is 19.3. The van der Waals surface area contributed by atoms with Gasteiger partial charge in [-0.25, -0.2) is 14.4 Å². The highest BCUT2D eigenvalue weighted by molar-refractivity contribution is 6.00. The molecule has 1 aliphatic rings. The largest absolute Gasteiger partial charge is 0.352 e. The Labute approximate surface area is 202 Å². The molecular formula is C27H23FN6O. The van der Waals surface area contributed by atoms with Crippen LogP contribution in [0.15, 0.2) is 61.6 Å². The Hall–Kier alpha value is -4.38. The van der Waals surface area contributed by atoms with Gasteiger partial charge in [-0.15, -0.1) is 0 Å². The van der Waals surface area contributed by atoms with Crippen molar-refractivity contribution in [2.75, 3.05) is 24.5 Å². The van der Waals surface area contributed by atoms with E-state index < -0.39 is 5.82 Å². The summed E-state index contributed by atoms with van der Waals surface area (Å²) in [7, 11) is 0. The molecule has 8 heteroatoms. The molecule has 0 unspecified atom stereocenters. The van der Waals surface area contributed by atoms with Crippen LogP contribution in [-0.2, 0) is 4.79 Å². The number of aryl methyl sites for hydroxylation is 1. The minimum absolute atomic E-state index is 0.177. The molecule has 1 atom stereocenters. The Kier molecular flexibility index (Phi) is 5.83. The number of rotatable bonds is 4. The van der Waals surface area contributed by atoms with E-state index in [0.29, 0.717) is 36.4 Å². The molecule has 0 radical (unpaired) electrons. The molecule has 1 saturated heterocycles. The SMILES string of the molecule is C=CC(=O)N1CCN(c2ncnc3c(F)c(-c4cccc5cccc(C)c45)ncc23)C[C@@H]1CC#N. The van der Waals surface area contributed by atoms with Gasteiger partial charge in [0.2, 0.25) is 5.91 Å². The third-order valence-corrected chi connectivity index (χ3v) is 6.54. The first-order valence-corrected chi connectivity index (χ1v) is 11.4. The number of anilines is 1. The van der Waals surface area contributed by atoms with E-state index in [1.165, 1.54) is 12.4 Å². The van der Waals surface area contributed by atoms with Crippen molar-refractivity contribution in [3.63, 3.8) is 0 Å². The Morgan fingerprint density at radius 2 is 2.03 bits per heavy atom. The lowest BCUT2D eigenvalue weighted by Crippen LogP contribution is -2.55. The molecule has 5 rings (SSSR count). The van der Waals surface area contributed by atoms with Crippen molar-refractivity contribution < 1.29 is 9.18 Å². The number of hydrogen-bond acceptors (Lipinski definition) is 6. The molecule has 174 valence electrons. The van der Waals surface area contributed by atoms with Crippen molar-refractivity contribution in [2.45, 2.75) is 19.4 Å². The highest BCUT2D eigenvalue weighted by atomic mass is 19.1. The molecule has 1 amide bonds. The molecule has 0 saturated carbocycles. The molecule has 2 aromatic carbocycles. The molecule has 35 heavy (non-hydrogen) atoms. The zero-order valence-electron chi connectivity index (χ0n) is 19.3. The summed E-state index contributed by atoms with van der Waals surface area (Å²) in [5, 5.41) is 11.7. The third-order valence-electron chi connectivity index (χ3n) is 6.54. The molecule has 4 aromatic rings. The van der Waals surface area contributed by atoms with Crippen LogP contribution in [-0.4, -0.2) is 51.4 Å². The molecule has 0 bridgehead atoms. The number of halogens is 1. The van der Waals surface area contributed by atoms with Gasteiger partial charge in [0.1, 0.15) is 23.4 Å². The van der Waals surface area contributed by atoms with Crippen LogP contribution in [0.3, 0.4) is 0 Å². The fourth-order valence-electron chi connectivity index (χ4n) is 4.88. The summed E-state index contributed by atoms with van der Waals surface area (Å²) in [5.74, 6) is -0.174. The summed E-state index contributed by atoms with van der Waals surface area (Å²) in [6.45, 7) is 6.85. The van der Waals surface area contributed by atoms with Crippen LogP contribution in [0, 0.1) is 24.1 Å². The summed E-state index contributed by atoms with van der Waals surface area (Å²) in [6, 6.07) is 13.6. The number of carbonyl (C=O) groups is 1. The lowest BCUT2D eigenvalue weighted by molar-refractivity contribution is -0.128. The van der Waals surface area contributed by atoms with Gasteiger partial charge in [0.25, 0.3) is 0 Å². The van der Waals surface area contributed by atoms with E-state index >= 15 is 4.39 Å². The first-order chi connectivity index (χ1) is 17.0. The molecule has 3 heterocycles. The smallest absolute Gasteiger partial charge is 0.246 e. The maximum absolute atomic E-state index is 15.9. The topological polar surface area (TPSA) is 86.0 Å². The standard InChI is InChI=1S/C27H23FN6O/c1-3-22(35)34-13-12-33(15-19(34)10-11-29)27-21-14-30-25(24(28)26(21)31-16-32-27)20-9-5-8-18-7-4-6-17(2)23(18)20/h3-9,14,16,19H,1,10,12-13,15H2,2H3/t19-/m0/s1. The molecule has 2 aromatic heterocycles. The number of pyridine rings is 1. The minimum Gasteiger partial charge on any atom is -0.352 e. The number of hydrogen-bond donors (Lipinski definition) is 0. The summed E-state index contributed by atoms with van der Waals surface area (Å²) >= 11 is 0. The van der Waals surface area contributed by atoms with E-state index in [-0.39, 0.29) is 29.6 Å². The minimum atomic E-state index is -0.504. The Morgan fingerprint density at radius 1 is 1.23 bits per heavy atom. The average Bonchev–Trinajstić information content (AvgIpc) is 2.88. The second-order valence-electron chi connectivity index (χ2n) is 8.56. The lowest BCUT2D eigenvalue weighted by Gasteiger charge is -2.41. The molecule has 1 fully saturated rings. The van der Waals surface area contributed by atoms with Gasteiger partial charge in [0.15, 0.2) is 5.82 Å². The van der Waals surface area contributed by atoms with Crippen LogP contribution in [0.4, 0.5) is 10.2 Å². The number of nitrogens with zero attached hydrogens (tertiary/aromatic N) is 6. The number of nitriles is 1.